The first-order valence-corrected chi connectivity index (χ1v) is 12.0. The van der Waals surface area contributed by atoms with Crippen LogP contribution in [0.1, 0.15) is 46.0 Å². The van der Waals surface area contributed by atoms with E-state index in [-0.39, 0.29) is 5.69 Å². The molecule has 0 atom stereocenters. The van der Waals surface area contributed by atoms with E-state index in [2.05, 4.69) is 0 Å². The molecule has 1 spiro atoms. The number of hydrogen-bond donors (Lipinski definition) is 0. The highest BCUT2D eigenvalue weighted by Crippen LogP contribution is 2.58. The summed E-state index contributed by atoms with van der Waals surface area (Å²) in [5.41, 5.74) is 0.439. The van der Waals surface area contributed by atoms with Crippen molar-refractivity contribution in [2.75, 3.05) is 11.4 Å². The SMILES string of the molecule is CCCN(c1ccccc1C(F)(F)F)c1cccc2c1C1(OC2=O)c2ccccc2Oc2ccccc21. The minimum absolute atomic E-state index is 0.0216. The molecule has 4 aromatic rings. The van der Waals surface area contributed by atoms with Gasteiger partial charge in [0, 0.05) is 28.9 Å². The third-order valence-electron chi connectivity index (χ3n) is 6.85. The van der Waals surface area contributed by atoms with Crippen molar-refractivity contribution >= 4 is 17.3 Å². The van der Waals surface area contributed by atoms with E-state index in [0.29, 0.717) is 52.4 Å². The molecule has 0 amide bonds. The van der Waals surface area contributed by atoms with Gasteiger partial charge in [-0.1, -0.05) is 61.5 Å². The number of rotatable bonds is 4. The van der Waals surface area contributed by atoms with Crippen LogP contribution < -0.4 is 9.64 Å². The molecule has 4 aromatic carbocycles. The number of fused-ring (bicyclic) bond motifs is 6. The van der Waals surface area contributed by atoms with Gasteiger partial charge in [-0.3, -0.25) is 0 Å². The Bertz CT molecular complexity index is 1480. The number of esters is 1. The van der Waals surface area contributed by atoms with Gasteiger partial charge in [-0.25, -0.2) is 4.79 Å². The van der Waals surface area contributed by atoms with Gasteiger partial charge >= 0.3 is 12.1 Å². The molecule has 37 heavy (non-hydrogen) atoms. The van der Waals surface area contributed by atoms with Crippen LogP contribution in [-0.4, -0.2) is 12.5 Å². The largest absolute Gasteiger partial charge is 0.456 e. The summed E-state index contributed by atoms with van der Waals surface area (Å²) in [5.74, 6) is 0.507. The molecule has 0 bridgehead atoms. The predicted molar refractivity (Wildman–Crippen MR) is 133 cm³/mol. The fraction of sp³-hybridized carbons (Fsp3) is 0.167. The third-order valence-corrected chi connectivity index (χ3v) is 6.85. The Labute approximate surface area is 211 Å². The van der Waals surface area contributed by atoms with E-state index in [9.17, 15) is 18.0 Å². The number of ether oxygens (including phenoxy) is 2. The summed E-state index contributed by atoms with van der Waals surface area (Å²) in [7, 11) is 0. The molecule has 0 unspecified atom stereocenters. The number of anilines is 2. The van der Waals surface area contributed by atoms with E-state index < -0.39 is 23.3 Å². The predicted octanol–water partition coefficient (Wildman–Crippen LogP) is 7.82. The molecule has 6 rings (SSSR count). The van der Waals surface area contributed by atoms with Crippen molar-refractivity contribution in [3.8, 4) is 11.5 Å². The number of carbonyl (C=O) groups is 1. The Morgan fingerprint density at radius 1 is 0.784 bits per heavy atom. The van der Waals surface area contributed by atoms with Crippen LogP contribution in [0.5, 0.6) is 11.5 Å². The Morgan fingerprint density at radius 2 is 1.38 bits per heavy atom. The van der Waals surface area contributed by atoms with E-state index in [1.807, 2.05) is 43.3 Å². The Balaban J connectivity index is 1.69. The van der Waals surface area contributed by atoms with Crippen molar-refractivity contribution in [3.05, 3.63) is 119 Å². The maximum absolute atomic E-state index is 14.1. The van der Waals surface area contributed by atoms with Gasteiger partial charge in [0.1, 0.15) is 11.5 Å². The first kappa shape index (κ1) is 23.2. The number of halogens is 3. The molecular formula is C30H22F3NO3. The van der Waals surface area contributed by atoms with Crippen LogP contribution in [0.2, 0.25) is 0 Å². The van der Waals surface area contributed by atoms with Crippen molar-refractivity contribution in [3.63, 3.8) is 0 Å². The number of nitrogens with zero attached hydrogens (tertiary/aromatic N) is 1. The zero-order valence-corrected chi connectivity index (χ0v) is 19.9. The smallest absolute Gasteiger partial charge is 0.418 e. The number of para-hydroxylation sites is 3. The average Bonchev–Trinajstić information content (AvgIpc) is 3.20. The summed E-state index contributed by atoms with van der Waals surface area (Å²) in [6.45, 7) is 2.20. The zero-order valence-electron chi connectivity index (χ0n) is 19.9. The highest BCUT2D eigenvalue weighted by Gasteiger charge is 2.55. The van der Waals surface area contributed by atoms with Crippen molar-refractivity contribution in [1.82, 2.24) is 0 Å². The molecule has 0 saturated carbocycles. The first-order chi connectivity index (χ1) is 17.9. The van der Waals surface area contributed by atoms with Crippen molar-refractivity contribution in [2.45, 2.75) is 25.1 Å². The quantitative estimate of drug-likeness (QED) is 0.267. The summed E-state index contributed by atoms with van der Waals surface area (Å²) in [5, 5.41) is 0. The second-order valence-electron chi connectivity index (χ2n) is 9.03. The van der Waals surface area contributed by atoms with Gasteiger partial charge in [0.05, 0.1) is 16.8 Å². The van der Waals surface area contributed by atoms with Crippen LogP contribution in [0.25, 0.3) is 0 Å². The molecule has 0 aromatic heterocycles. The van der Waals surface area contributed by atoms with Crippen molar-refractivity contribution in [2.24, 2.45) is 0 Å². The van der Waals surface area contributed by atoms with Gasteiger partial charge in [0.2, 0.25) is 0 Å². The molecule has 186 valence electrons. The van der Waals surface area contributed by atoms with Gasteiger partial charge in [0.15, 0.2) is 5.60 Å². The van der Waals surface area contributed by atoms with E-state index in [1.54, 1.807) is 41.3 Å². The van der Waals surface area contributed by atoms with Gasteiger partial charge in [-0.2, -0.15) is 13.2 Å². The summed E-state index contributed by atoms with van der Waals surface area (Å²) in [6, 6.07) is 25.2. The van der Waals surface area contributed by atoms with Crippen LogP contribution in [0, 0.1) is 0 Å². The van der Waals surface area contributed by atoms with E-state index >= 15 is 0 Å². The lowest BCUT2D eigenvalue weighted by Crippen LogP contribution is -2.35. The summed E-state index contributed by atoms with van der Waals surface area (Å²) in [4.78, 5) is 15.0. The maximum Gasteiger partial charge on any atom is 0.418 e. The molecule has 0 N–H and O–H groups in total. The Kier molecular flexibility index (Phi) is 5.26. The fourth-order valence-corrected chi connectivity index (χ4v) is 5.43. The van der Waals surface area contributed by atoms with E-state index in [4.69, 9.17) is 9.47 Å². The lowest BCUT2D eigenvalue weighted by atomic mass is 9.76. The minimum Gasteiger partial charge on any atom is -0.456 e. The van der Waals surface area contributed by atoms with Crippen LogP contribution in [0.15, 0.2) is 91.0 Å². The maximum atomic E-state index is 14.1. The highest BCUT2D eigenvalue weighted by atomic mass is 19.4. The van der Waals surface area contributed by atoms with Crippen LogP contribution >= 0.6 is 0 Å². The summed E-state index contributed by atoms with van der Waals surface area (Å²) >= 11 is 0. The molecule has 2 heterocycles. The fourth-order valence-electron chi connectivity index (χ4n) is 5.43. The minimum atomic E-state index is -4.55. The lowest BCUT2D eigenvalue weighted by molar-refractivity contribution is -0.137. The second-order valence-corrected chi connectivity index (χ2v) is 9.03. The number of alkyl halides is 3. The highest BCUT2D eigenvalue weighted by molar-refractivity contribution is 6.00. The van der Waals surface area contributed by atoms with Crippen molar-refractivity contribution in [1.29, 1.82) is 0 Å². The lowest BCUT2D eigenvalue weighted by Gasteiger charge is -2.39. The molecule has 2 aliphatic rings. The van der Waals surface area contributed by atoms with E-state index in [0.717, 1.165) is 6.07 Å². The summed E-state index contributed by atoms with van der Waals surface area (Å²) in [6.07, 6.45) is -3.98. The second kappa shape index (κ2) is 8.40. The Morgan fingerprint density at radius 3 is 2.03 bits per heavy atom. The van der Waals surface area contributed by atoms with Crippen LogP contribution in [-0.2, 0) is 16.5 Å². The zero-order chi connectivity index (χ0) is 25.8. The third kappa shape index (κ3) is 3.41. The number of benzene rings is 4. The van der Waals surface area contributed by atoms with Gasteiger partial charge in [-0.15, -0.1) is 0 Å². The Hall–Kier alpha value is -4.26. The molecule has 4 nitrogen and oxygen atoms in total. The average molecular weight is 502 g/mol. The van der Waals surface area contributed by atoms with Crippen LogP contribution in [0.4, 0.5) is 24.5 Å². The van der Waals surface area contributed by atoms with Gasteiger partial charge in [-0.05, 0) is 42.8 Å². The molecule has 0 aliphatic carbocycles. The van der Waals surface area contributed by atoms with Crippen molar-refractivity contribution < 1.29 is 27.4 Å². The van der Waals surface area contributed by atoms with Gasteiger partial charge in [0.25, 0.3) is 0 Å². The molecule has 0 fully saturated rings. The van der Waals surface area contributed by atoms with Gasteiger partial charge < -0.3 is 14.4 Å². The molecule has 2 aliphatic heterocycles. The molecular weight excluding hydrogens is 479 g/mol. The van der Waals surface area contributed by atoms with E-state index in [1.165, 1.54) is 12.1 Å². The summed E-state index contributed by atoms with van der Waals surface area (Å²) < 4.78 is 54.8. The molecule has 0 radical (unpaired) electrons. The number of hydrogen-bond acceptors (Lipinski definition) is 4. The topological polar surface area (TPSA) is 38.8 Å². The first-order valence-electron chi connectivity index (χ1n) is 12.0. The van der Waals surface area contributed by atoms with Crippen LogP contribution in [0.3, 0.4) is 0 Å². The standard InChI is InChI=1S/C30H22F3NO3/c1-2-18-34(23-14-6-3-11-20(23)30(31,32)33)24-15-9-10-19-27(24)29(37-28(19)35)21-12-4-7-16-25(21)36-26-17-8-5-13-22(26)29/h3-17H,2,18H2,1H3. The number of carbonyl (C=O) groups excluding carboxylic acids is 1. The molecule has 0 saturated heterocycles. The normalized spacial score (nSPS) is 14.9. The monoisotopic (exact) mass is 501 g/mol. The molecule has 7 heteroatoms.